The van der Waals surface area contributed by atoms with Gasteiger partial charge in [0.2, 0.25) is 0 Å². The molecule has 1 aliphatic rings. The van der Waals surface area contributed by atoms with Crippen LogP contribution in [0.1, 0.15) is 53.4 Å². The van der Waals surface area contributed by atoms with Gasteiger partial charge in [0.05, 0.1) is 6.61 Å². The average Bonchev–Trinajstić information content (AvgIpc) is 2.13. The highest BCUT2D eigenvalue weighted by Gasteiger charge is 2.39. The van der Waals surface area contributed by atoms with Crippen molar-refractivity contribution in [1.82, 2.24) is 4.90 Å². The minimum Gasteiger partial charge on any atom is -0.395 e. The van der Waals surface area contributed by atoms with E-state index >= 15 is 0 Å². The van der Waals surface area contributed by atoms with Crippen LogP contribution in [0.4, 0.5) is 0 Å². The van der Waals surface area contributed by atoms with Crippen LogP contribution < -0.4 is 5.73 Å². The Morgan fingerprint density at radius 3 is 2.24 bits per heavy atom. The van der Waals surface area contributed by atoms with E-state index in [1.54, 1.807) is 0 Å². The van der Waals surface area contributed by atoms with E-state index in [4.69, 9.17) is 5.73 Å². The molecule has 3 heteroatoms. The van der Waals surface area contributed by atoms with Crippen LogP contribution in [-0.2, 0) is 0 Å². The quantitative estimate of drug-likeness (QED) is 0.749. The van der Waals surface area contributed by atoms with Crippen LogP contribution in [0.5, 0.6) is 0 Å². The van der Waals surface area contributed by atoms with E-state index in [-0.39, 0.29) is 18.1 Å². The first kappa shape index (κ1) is 14.9. The lowest BCUT2D eigenvalue weighted by molar-refractivity contribution is -0.00110. The van der Waals surface area contributed by atoms with E-state index < -0.39 is 0 Å². The molecule has 2 atom stereocenters. The molecule has 0 amide bonds. The third-order valence-corrected chi connectivity index (χ3v) is 4.02. The second kappa shape index (κ2) is 6.17. The van der Waals surface area contributed by atoms with Crippen LogP contribution >= 0.6 is 0 Å². The minimum atomic E-state index is 0.167. The molecule has 0 radical (unpaired) electrons. The lowest BCUT2D eigenvalue weighted by Crippen LogP contribution is -2.59. The molecule has 0 aromatic carbocycles. The van der Waals surface area contributed by atoms with Gasteiger partial charge < -0.3 is 10.8 Å². The normalized spacial score (nSPS) is 21.4. The number of aliphatic hydroxyl groups is 1. The first-order valence-electron chi connectivity index (χ1n) is 7.04. The van der Waals surface area contributed by atoms with Crippen molar-refractivity contribution in [2.75, 3.05) is 13.2 Å². The van der Waals surface area contributed by atoms with E-state index in [1.165, 1.54) is 19.3 Å². The molecule has 1 fully saturated rings. The summed E-state index contributed by atoms with van der Waals surface area (Å²) in [5, 5.41) is 9.29. The highest BCUT2D eigenvalue weighted by atomic mass is 16.3. The Hall–Kier alpha value is -0.120. The lowest BCUT2D eigenvalue weighted by atomic mass is 9.77. The molecule has 0 heterocycles. The molecular weight excluding hydrogens is 212 g/mol. The van der Waals surface area contributed by atoms with Gasteiger partial charge in [-0.15, -0.1) is 0 Å². The summed E-state index contributed by atoms with van der Waals surface area (Å²) < 4.78 is 0. The molecule has 0 aromatic rings. The zero-order valence-corrected chi connectivity index (χ0v) is 11.9. The van der Waals surface area contributed by atoms with Crippen molar-refractivity contribution >= 4 is 0 Å². The standard InChI is InChI=1S/C14H30N2O/c1-5-12(15)13(14(2,3)4)16(9-10-17)11-7-6-8-11/h11-13,17H,5-10,15H2,1-4H3. The summed E-state index contributed by atoms with van der Waals surface area (Å²) in [6, 6.07) is 1.20. The summed E-state index contributed by atoms with van der Waals surface area (Å²) in [6.45, 7) is 9.93. The molecule has 3 nitrogen and oxygen atoms in total. The Morgan fingerprint density at radius 2 is 1.94 bits per heavy atom. The van der Waals surface area contributed by atoms with Crippen LogP contribution in [0.25, 0.3) is 0 Å². The van der Waals surface area contributed by atoms with E-state index in [2.05, 4.69) is 32.6 Å². The molecule has 2 unspecified atom stereocenters. The summed E-state index contributed by atoms with van der Waals surface area (Å²) in [5.41, 5.74) is 6.49. The van der Waals surface area contributed by atoms with Gasteiger partial charge in [-0.1, -0.05) is 34.1 Å². The highest BCUT2D eigenvalue weighted by molar-refractivity contribution is 4.95. The second-order valence-electron chi connectivity index (χ2n) is 6.43. The molecule has 0 saturated heterocycles. The molecule has 3 N–H and O–H groups in total. The Labute approximate surface area is 106 Å². The molecule has 0 spiro atoms. The predicted octanol–water partition coefficient (Wildman–Crippen LogP) is 1.99. The van der Waals surface area contributed by atoms with E-state index in [0.29, 0.717) is 12.1 Å². The summed E-state index contributed by atoms with van der Waals surface area (Å²) in [6.07, 6.45) is 4.85. The number of hydrogen-bond donors (Lipinski definition) is 2. The Morgan fingerprint density at radius 1 is 1.35 bits per heavy atom. The molecule has 17 heavy (non-hydrogen) atoms. The average molecular weight is 242 g/mol. The molecule has 102 valence electrons. The molecule has 0 aromatic heterocycles. The largest absolute Gasteiger partial charge is 0.395 e. The van der Waals surface area contributed by atoms with E-state index in [0.717, 1.165) is 13.0 Å². The van der Waals surface area contributed by atoms with Gasteiger partial charge in [0.15, 0.2) is 0 Å². The van der Waals surface area contributed by atoms with Crippen LogP contribution in [0, 0.1) is 5.41 Å². The van der Waals surface area contributed by atoms with Gasteiger partial charge in [0.25, 0.3) is 0 Å². The topological polar surface area (TPSA) is 49.5 Å². The van der Waals surface area contributed by atoms with Crippen molar-refractivity contribution < 1.29 is 5.11 Å². The van der Waals surface area contributed by atoms with E-state index in [9.17, 15) is 5.11 Å². The second-order valence-corrected chi connectivity index (χ2v) is 6.43. The predicted molar refractivity (Wildman–Crippen MR) is 72.9 cm³/mol. The summed E-state index contributed by atoms with van der Waals surface area (Å²) in [5.74, 6) is 0. The number of nitrogens with two attached hydrogens (primary N) is 1. The van der Waals surface area contributed by atoms with Gasteiger partial charge >= 0.3 is 0 Å². The zero-order valence-electron chi connectivity index (χ0n) is 11.9. The Kier molecular flexibility index (Phi) is 5.42. The van der Waals surface area contributed by atoms with Crippen LogP contribution in [0.3, 0.4) is 0 Å². The molecule has 0 bridgehead atoms. The van der Waals surface area contributed by atoms with Crippen LogP contribution in [0.15, 0.2) is 0 Å². The Balaban J connectivity index is 2.82. The van der Waals surface area contributed by atoms with Crippen molar-refractivity contribution in [3.8, 4) is 0 Å². The fraction of sp³-hybridized carbons (Fsp3) is 1.00. The van der Waals surface area contributed by atoms with Gasteiger partial charge in [0, 0.05) is 24.7 Å². The molecular formula is C14H30N2O. The molecule has 1 saturated carbocycles. The minimum absolute atomic E-state index is 0.167. The number of nitrogens with zero attached hydrogens (tertiary/aromatic N) is 1. The highest BCUT2D eigenvalue weighted by Crippen LogP contribution is 2.34. The zero-order chi connectivity index (χ0) is 13.1. The first-order valence-corrected chi connectivity index (χ1v) is 7.04. The maximum Gasteiger partial charge on any atom is 0.0558 e. The molecule has 0 aliphatic heterocycles. The Bertz CT molecular complexity index is 221. The third kappa shape index (κ3) is 3.67. The third-order valence-electron chi connectivity index (χ3n) is 4.02. The van der Waals surface area contributed by atoms with Gasteiger partial charge in [-0.2, -0.15) is 0 Å². The van der Waals surface area contributed by atoms with Gasteiger partial charge in [0.1, 0.15) is 0 Å². The number of hydrogen-bond acceptors (Lipinski definition) is 3. The maximum absolute atomic E-state index is 9.29. The SMILES string of the molecule is CCC(N)C(N(CCO)C1CCC1)C(C)(C)C. The monoisotopic (exact) mass is 242 g/mol. The van der Waals surface area contributed by atoms with Crippen molar-refractivity contribution in [2.24, 2.45) is 11.1 Å². The molecule has 1 aliphatic carbocycles. The number of rotatable bonds is 6. The molecule has 1 rings (SSSR count). The summed E-state index contributed by atoms with van der Waals surface area (Å²) in [4.78, 5) is 2.47. The lowest BCUT2D eigenvalue weighted by Gasteiger charge is -2.49. The smallest absolute Gasteiger partial charge is 0.0558 e. The van der Waals surface area contributed by atoms with Gasteiger partial charge in [-0.3, -0.25) is 4.90 Å². The van der Waals surface area contributed by atoms with Crippen molar-refractivity contribution in [3.63, 3.8) is 0 Å². The van der Waals surface area contributed by atoms with E-state index in [1.807, 2.05) is 0 Å². The van der Waals surface area contributed by atoms with Gasteiger partial charge in [-0.25, -0.2) is 0 Å². The van der Waals surface area contributed by atoms with Crippen molar-refractivity contribution in [3.05, 3.63) is 0 Å². The first-order chi connectivity index (χ1) is 7.91. The summed E-state index contributed by atoms with van der Waals surface area (Å²) >= 11 is 0. The van der Waals surface area contributed by atoms with Crippen molar-refractivity contribution in [2.45, 2.75) is 71.5 Å². The van der Waals surface area contributed by atoms with Gasteiger partial charge in [-0.05, 0) is 24.7 Å². The van der Waals surface area contributed by atoms with Crippen LogP contribution in [0.2, 0.25) is 0 Å². The number of aliphatic hydroxyl groups excluding tert-OH is 1. The summed E-state index contributed by atoms with van der Waals surface area (Å²) in [7, 11) is 0. The fourth-order valence-corrected chi connectivity index (χ4v) is 2.99. The van der Waals surface area contributed by atoms with Crippen molar-refractivity contribution in [1.29, 1.82) is 0 Å². The van der Waals surface area contributed by atoms with Crippen LogP contribution in [-0.4, -0.2) is 41.3 Å². The fourth-order valence-electron chi connectivity index (χ4n) is 2.99. The maximum atomic E-state index is 9.29.